The van der Waals surface area contributed by atoms with Gasteiger partial charge in [0.1, 0.15) is 5.69 Å². The van der Waals surface area contributed by atoms with E-state index in [0.29, 0.717) is 5.69 Å². The van der Waals surface area contributed by atoms with E-state index >= 15 is 0 Å². The number of carbonyl (C=O) groups excluding carboxylic acids is 1. The maximum atomic E-state index is 11.3. The van der Waals surface area contributed by atoms with Crippen molar-refractivity contribution >= 4 is 17.3 Å². The van der Waals surface area contributed by atoms with Crippen LogP contribution < -0.4 is 10.6 Å². The highest BCUT2D eigenvalue weighted by atomic mass is 16.1. The number of aromatic amines is 1. The molecule has 0 aliphatic rings. The molecule has 0 saturated carbocycles. The van der Waals surface area contributed by atoms with Crippen LogP contribution in [0.4, 0.5) is 11.4 Å². The van der Waals surface area contributed by atoms with Gasteiger partial charge in [0, 0.05) is 24.0 Å². The van der Waals surface area contributed by atoms with Crippen LogP contribution in [0, 0.1) is 6.92 Å². The SMILES string of the molecule is Cc1ccc(N(C)c2ccc(-c3n[nH]nc3C(N)=O)cc2)cc1. The van der Waals surface area contributed by atoms with Crippen molar-refractivity contribution in [2.24, 2.45) is 5.73 Å². The van der Waals surface area contributed by atoms with Crippen LogP contribution in [0.15, 0.2) is 48.5 Å². The molecule has 0 radical (unpaired) electrons. The Morgan fingerprint density at radius 2 is 1.57 bits per heavy atom. The number of hydrogen-bond acceptors (Lipinski definition) is 4. The molecule has 23 heavy (non-hydrogen) atoms. The highest BCUT2D eigenvalue weighted by Gasteiger charge is 2.15. The van der Waals surface area contributed by atoms with Crippen LogP contribution in [0.2, 0.25) is 0 Å². The van der Waals surface area contributed by atoms with E-state index in [0.717, 1.165) is 16.9 Å². The molecule has 6 nitrogen and oxygen atoms in total. The van der Waals surface area contributed by atoms with Crippen molar-refractivity contribution < 1.29 is 4.79 Å². The van der Waals surface area contributed by atoms with Gasteiger partial charge in [-0.05, 0) is 31.2 Å². The number of amides is 1. The molecule has 0 aliphatic heterocycles. The summed E-state index contributed by atoms with van der Waals surface area (Å²) in [5, 5.41) is 10.2. The first-order valence-corrected chi connectivity index (χ1v) is 7.17. The predicted octanol–water partition coefficient (Wildman–Crippen LogP) is 2.65. The third-order valence-corrected chi connectivity index (χ3v) is 3.73. The molecule has 1 aromatic heterocycles. The molecule has 0 atom stereocenters. The molecule has 3 rings (SSSR count). The molecule has 0 spiro atoms. The van der Waals surface area contributed by atoms with Crippen molar-refractivity contribution in [1.29, 1.82) is 0 Å². The molecule has 3 N–H and O–H groups in total. The third-order valence-electron chi connectivity index (χ3n) is 3.73. The fraction of sp³-hybridized carbons (Fsp3) is 0.118. The number of anilines is 2. The second-order valence-corrected chi connectivity index (χ2v) is 5.33. The Morgan fingerprint density at radius 1 is 1.00 bits per heavy atom. The summed E-state index contributed by atoms with van der Waals surface area (Å²) in [6.07, 6.45) is 0. The van der Waals surface area contributed by atoms with Crippen molar-refractivity contribution in [2.75, 3.05) is 11.9 Å². The van der Waals surface area contributed by atoms with Crippen LogP contribution in [0.3, 0.4) is 0 Å². The first kappa shape index (κ1) is 14.8. The first-order chi connectivity index (χ1) is 11.1. The molecule has 3 aromatic rings. The summed E-state index contributed by atoms with van der Waals surface area (Å²) in [4.78, 5) is 13.4. The van der Waals surface area contributed by atoms with Crippen LogP contribution in [0.1, 0.15) is 16.1 Å². The minimum absolute atomic E-state index is 0.143. The molecule has 0 aliphatic carbocycles. The van der Waals surface area contributed by atoms with Crippen LogP contribution in [-0.2, 0) is 0 Å². The van der Waals surface area contributed by atoms with Crippen molar-refractivity contribution in [3.63, 3.8) is 0 Å². The lowest BCUT2D eigenvalue weighted by Crippen LogP contribution is -2.13. The summed E-state index contributed by atoms with van der Waals surface area (Å²) in [6.45, 7) is 2.06. The van der Waals surface area contributed by atoms with Crippen molar-refractivity contribution in [1.82, 2.24) is 15.4 Å². The highest BCUT2D eigenvalue weighted by molar-refractivity contribution is 5.96. The van der Waals surface area contributed by atoms with Crippen molar-refractivity contribution in [3.8, 4) is 11.3 Å². The van der Waals surface area contributed by atoms with Crippen LogP contribution in [0.5, 0.6) is 0 Å². The summed E-state index contributed by atoms with van der Waals surface area (Å²) in [6, 6.07) is 16.0. The largest absolute Gasteiger partial charge is 0.364 e. The Labute approximate surface area is 133 Å². The van der Waals surface area contributed by atoms with Gasteiger partial charge < -0.3 is 10.6 Å². The average molecular weight is 307 g/mol. The van der Waals surface area contributed by atoms with E-state index in [9.17, 15) is 4.79 Å². The summed E-state index contributed by atoms with van der Waals surface area (Å²) in [7, 11) is 2.00. The number of hydrogen-bond donors (Lipinski definition) is 2. The topological polar surface area (TPSA) is 87.9 Å². The Balaban J connectivity index is 1.88. The maximum Gasteiger partial charge on any atom is 0.271 e. The quantitative estimate of drug-likeness (QED) is 0.775. The molecule has 2 aromatic carbocycles. The molecular weight excluding hydrogens is 290 g/mol. The van der Waals surface area contributed by atoms with Gasteiger partial charge in [-0.25, -0.2) is 0 Å². The van der Waals surface area contributed by atoms with E-state index in [4.69, 9.17) is 5.73 Å². The zero-order chi connectivity index (χ0) is 16.4. The number of aromatic nitrogens is 3. The standard InChI is InChI=1S/C17H17N5O/c1-11-3-7-13(8-4-11)22(2)14-9-5-12(6-10-14)15-16(17(18)23)20-21-19-15/h3-10H,1-2H3,(H2,18,23)(H,19,20,21). The molecule has 1 amide bonds. The van der Waals surface area contributed by atoms with Gasteiger partial charge in [-0.3, -0.25) is 4.79 Å². The molecule has 1 heterocycles. The summed E-state index contributed by atoms with van der Waals surface area (Å²) >= 11 is 0. The van der Waals surface area contributed by atoms with E-state index in [1.165, 1.54) is 5.56 Å². The van der Waals surface area contributed by atoms with Gasteiger partial charge in [0.25, 0.3) is 5.91 Å². The number of rotatable bonds is 4. The zero-order valence-electron chi connectivity index (χ0n) is 12.9. The average Bonchev–Trinajstić information content (AvgIpc) is 3.05. The smallest absolute Gasteiger partial charge is 0.271 e. The molecule has 0 fully saturated rings. The summed E-state index contributed by atoms with van der Waals surface area (Å²) < 4.78 is 0. The fourth-order valence-electron chi connectivity index (χ4n) is 2.36. The van der Waals surface area contributed by atoms with Crippen molar-refractivity contribution in [3.05, 3.63) is 59.8 Å². The monoisotopic (exact) mass is 307 g/mol. The molecule has 0 unspecified atom stereocenters. The fourth-order valence-corrected chi connectivity index (χ4v) is 2.36. The highest BCUT2D eigenvalue weighted by Crippen LogP contribution is 2.27. The molecule has 6 heteroatoms. The number of H-pyrrole nitrogens is 1. The van der Waals surface area contributed by atoms with Crippen LogP contribution in [0.25, 0.3) is 11.3 Å². The normalized spacial score (nSPS) is 10.5. The van der Waals surface area contributed by atoms with Crippen molar-refractivity contribution in [2.45, 2.75) is 6.92 Å². The van der Waals surface area contributed by atoms with Gasteiger partial charge >= 0.3 is 0 Å². The number of primary amides is 1. The predicted molar refractivity (Wildman–Crippen MR) is 89.6 cm³/mol. The number of carbonyl (C=O) groups is 1. The number of nitrogens with two attached hydrogens (primary N) is 1. The number of nitrogens with one attached hydrogen (secondary N) is 1. The Morgan fingerprint density at radius 3 is 2.13 bits per heavy atom. The third kappa shape index (κ3) is 2.91. The lowest BCUT2D eigenvalue weighted by molar-refractivity contribution is 0.0996. The van der Waals surface area contributed by atoms with E-state index in [2.05, 4.69) is 51.5 Å². The number of benzene rings is 2. The first-order valence-electron chi connectivity index (χ1n) is 7.17. The van der Waals surface area contributed by atoms with E-state index in [1.54, 1.807) is 0 Å². The number of nitrogens with zero attached hydrogens (tertiary/aromatic N) is 3. The minimum atomic E-state index is -0.602. The van der Waals surface area contributed by atoms with Gasteiger partial charge in [-0.2, -0.15) is 15.4 Å². The second kappa shape index (κ2) is 5.92. The van der Waals surface area contributed by atoms with Gasteiger partial charge in [-0.1, -0.05) is 29.8 Å². The van der Waals surface area contributed by atoms with E-state index in [-0.39, 0.29) is 5.69 Å². The van der Waals surface area contributed by atoms with Gasteiger partial charge in [-0.15, -0.1) is 0 Å². The zero-order valence-corrected chi connectivity index (χ0v) is 12.9. The lowest BCUT2D eigenvalue weighted by atomic mass is 10.1. The second-order valence-electron chi connectivity index (χ2n) is 5.33. The Kier molecular flexibility index (Phi) is 3.80. The molecule has 0 bridgehead atoms. The van der Waals surface area contributed by atoms with E-state index < -0.39 is 5.91 Å². The Bertz CT molecular complexity index is 821. The molecule has 116 valence electrons. The summed E-state index contributed by atoms with van der Waals surface area (Å²) in [5.74, 6) is -0.602. The summed E-state index contributed by atoms with van der Waals surface area (Å²) in [5.41, 5.74) is 10.0. The van der Waals surface area contributed by atoms with Crippen LogP contribution >= 0.6 is 0 Å². The van der Waals surface area contributed by atoms with Gasteiger partial charge in [0.2, 0.25) is 0 Å². The van der Waals surface area contributed by atoms with Gasteiger partial charge in [0.15, 0.2) is 5.69 Å². The number of aryl methyl sites for hydroxylation is 1. The minimum Gasteiger partial charge on any atom is -0.364 e. The lowest BCUT2D eigenvalue weighted by Gasteiger charge is -2.20. The Hall–Kier alpha value is -3.15. The molecule has 0 saturated heterocycles. The maximum absolute atomic E-state index is 11.3. The van der Waals surface area contributed by atoms with E-state index in [1.807, 2.05) is 31.3 Å². The van der Waals surface area contributed by atoms with Gasteiger partial charge in [0.05, 0.1) is 0 Å². The molecular formula is C17H17N5O. The van der Waals surface area contributed by atoms with Crippen LogP contribution in [-0.4, -0.2) is 28.4 Å².